The van der Waals surface area contributed by atoms with E-state index < -0.39 is 15.7 Å². The molecule has 1 saturated carbocycles. The van der Waals surface area contributed by atoms with E-state index in [2.05, 4.69) is 20.6 Å². The van der Waals surface area contributed by atoms with E-state index >= 15 is 0 Å². The van der Waals surface area contributed by atoms with E-state index in [1.807, 2.05) is 6.92 Å². The van der Waals surface area contributed by atoms with Crippen molar-refractivity contribution in [3.05, 3.63) is 35.7 Å². The lowest BCUT2D eigenvalue weighted by atomic mass is 9.93. The maximum absolute atomic E-state index is 12.0. The molecular weight excluding hydrogens is 418 g/mol. The molecule has 31 heavy (non-hydrogen) atoms. The van der Waals surface area contributed by atoms with Gasteiger partial charge in [0.15, 0.2) is 21.3 Å². The molecule has 168 valence electrons. The second-order valence-electron chi connectivity index (χ2n) is 7.71. The number of primary amides is 1. The van der Waals surface area contributed by atoms with Crippen LogP contribution in [0.2, 0.25) is 0 Å². The average Bonchev–Trinajstić information content (AvgIpc) is 2.74. The number of anilines is 3. The number of sulfone groups is 1. The minimum atomic E-state index is -3.38. The molecule has 1 amide bonds. The summed E-state index contributed by atoms with van der Waals surface area (Å²) in [6.07, 6.45) is 5.81. The third-order valence-electron chi connectivity index (χ3n) is 5.41. The number of ether oxygens (including phenoxy) is 1. The molecule has 2 aromatic rings. The Morgan fingerprint density at radius 1 is 1.19 bits per heavy atom. The van der Waals surface area contributed by atoms with E-state index in [0.717, 1.165) is 31.9 Å². The van der Waals surface area contributed by atoms with Crippen LogP contribution in [-0.4, -0.2) is 49.8 Å². The second kappa shape index (κ2) is 9.61. The summed E-state index contributed by atoms with van der Waals surface area (Å²) in [5, 5.41) is 6.47. The van der Waals surface area contributed by atoms with Crippen molar-refractivity contribution in [3.63, 3.8) is 0 Å². The number of nitrogens with one attached hydrogen (secondary N) is 2. The Kier molecular flexibility index (Phi) is 7.11. The van der Waals surface area contributed by atoms with Crippen molar-refractivity contribution in [2.24, 2.45) is 5.73 Å². The average molecular weight is 448 g/mol. The van der Waals surface area contributed by atoms with Crippen molar-refractivity contribution in [2.75, 3.05) is 24.0 Å². The normalized spacial score (nSPS) is 19.1. The molecule has 1 aromatic carbocycles. The van der Waals surface area contributed by atoms with Gasteiger partial charge in [0.05, 0.1) is 16.7 Å². The molecule has 9 nitrogen and oxygen atoms in total. The Labute approximate surface area is 182 Å². The summed E-state index contributed by atoms with van der Waals surface area (Å²) in [4.78, 5) is 21.3. The van der Waals surface area contributed by atoms with Gasteiger partial charge in [0.1, 0.15) is 5.82 Å². The van der Waals surface area contributed by atoms with Crippen molar-refractivity contribution < 1.29 is 17.9 Å². The molecule has 3 rings (SSSR count). The van der Waals surface area contributed by atoms with E-state index in [0.29, 0.717) is 23.6 Å². The number of hydrogen-bond acceptors (Lipinski definition) is 8. The highest BCUT2D eigenvalue weighted by Gasteiger charge is 2.24. The van der Waals surface area contributed by atoms with Crippen LogP contribution in [-0.2, 0) is 21.0 Å². The molecule has 10 heteroatoms. The molecule has 0 bridgehead atoms. The quantitative estimate of drug-likeness (QED) is 0.562. The molecule has 1 fully saturated rings. The molecule has 1 aliphatic rings. The highest BCUT2D eigenvalue weighted by molar-refractivity contribution is 7.90. The Bertz CT molecular complexity index is 1050. The predicted octanol–water partition coefficient (Wildman–Crippen LogP) is 2.65. The maximum atomic E-state index is 12.0. The number of hydrogen-bond donors (Lipinski definition) is 3. The van der Waals surface area contributed by atoms with Crippen molar-refractivity contribution >= 4 is 33.1 Å². The zero-order valence-corrected chi connectivity index (χ0v) is 18.8. The highest BCUT2D eigenvalue weighted by atomic mass is 32.2. The van der Waals surface area contributed by atoms with Gasteiger partial charge in [0, 0.05) is 25.1 Å². The van der Waals surface area contributed by atoms with Crippen LogP contribution < -0.4 is 16.4 Å². The van der Waals surface area contributed by atoms with Gasteiger partial charge in [-0.1, -0.05) is 13.0 Å². The summed E-state index contributed by atoms with van der Waals surface area (Å²) in [6.45, 7) is 1.93. The smallest absolute Gasteiger partial charge is 0.271 e. The lowest BCUT2D eigenvalue weighted by Gasteiger charge is -2.29. The molecule has 1 heterocycles. The van der Waals surface area contributed by atoms with Crippen molar-refractivity contribution in [1.29, 1.82) is 0 Å². The van der Waals surface area contributed by atoms with E-state index in [4.69, 9.17) is 10.5 Å². The Hall–Kier alpha value is -2.72. The first-order chi connectivity index (χ1) is 14.7. The van der Waals surface area contributed by atoms with Gasteiger partial charge in [-0.2, -0.15) is 0 Å². The number of aryl methyl sites for hydroxylation is 1. The third kappa shape index (κ3) is 5.71. The Morgan fingerprint density at radius 2 is 1.90 bits per heavy atom. The number of rotatable bonds is 8. The topological polar surface area (TPSA) is 136 Å². The van der Waals surface area contributed by atoms with Gasteiger partial charge < -0.3 is 21.1 Å². The van der Waals surface area contributed by atoms with E-state index in [-0.39, 0.29) is 28.6 Å². The second-order valence-corrected chi connectivity index (χ2v) is 9.73. The van der Waals surface area contributed by atoms with E-state index in [1.54, 1.807) is 19.2 Å². The third-order valence-corrected chi connectivity index (χ3v) is 6.52. The fraction of sp³-hybridized carbons (Fsp3) is 0.476. The fourth-order valence-corrected chi connectivity index (χ4v) is 4.34. The van der Waals surface area contributed by atoms with Crippen molar-refractivity contribution in [3.8, 4) is 0 Å². The van der Waals surface area contributed by atoms with Crippen molar-refractivity contribution in [2.45, 2.75) is 56.1 Å². The molecule has 0 saturated heterocycles. The summed E-state index contributed by atoms with van der Waals surface area (Å²) < 4.78 is 29.2. The number of methoxy groups -OCH3 is 1. The number of carbonyl (C=O) groups excluding carboxylic acids is 1. The first-order valence-electron chi connectivity index (χ1n) is 10.3. The van der Waals surface area contributed by atoms with Gasteiger partial charge >= 0.3 is 0 Å². The molecular formula is C21H29N5O4S. The monoisotopic (exact) mass is 447 g/mol. The molecule has 0 atom stereocenters. The summed E-state index contributed by atoms with van der Waals surface area (Å²) >= 11 is 0. The van der Waals surface area contributed by atoms with Crippen LogP contribution in [0.5, 0.6) is 0 Å². The molecule has 0 spiro atoms. The summed E-state index contributed by atoms with van der Waals surface area (Å²) in [5.74, 6) is 0.0645. The minimum Gasteiger partial charge on any atom is -0.381 e. The van der Waals surface area contributed by atoms with Crippen LogP contribution in [0.3, 0.4) is 0 Å². The first kappa shape index (κ1) is 23.0. The van der Waals surface area contributed by atoms with Crippen LogP contribution in [0.1, 0.15) is 48.8 Å². The molecule has 1 aromatic heterocycles. The minimum absolute atomic E-state index is 0.00949. The largest absolute Gasteiger partial charge is 0.381 e. The standard InChI is InChI=1S/C21H29N5O4S/c1-4-17-20(23-13-8-10-15(30-2)11-9-13)26-21(18(25-17)19(22)27)24-14-6-5-7-16(12-14)31(3,28)29/h5-7,12-13,15H,4,8-11H2,1-3H3,(H2,22,27)(H2,23,24,26). The number of aromatic nitrogens is 2. The van der Waals surface area contributed by atoms with Gasteiger partial charge in [-0.15, -0.1) is 0 Å². The zero-order chi connectivity index (χ0) is 22.6. The fourth-order valence-electron chi connectivity index (χ4n) is 3.67. The van der Waals surface area contributed by atoms with E-state index in [1.165, 1.54) is 12.1 Å². The van der Waals surface area contributed by atoms with Gasteiger partial charge in [0.2, 0.25) is 0 Å². The number of amides is 1. The predicted molar refractivity (Wildman–Crippen MR) is 119 cm³/mol. The highest BCUT2D eigenvalue weighted by Crippen LogP contribution is 2.27. The van der Waals surface area contributed by atoms with Gasteiger partial charge in [-0.25, -0.2) is 18.4 Å². The van der Waals surface area contributed by atoms with Gasteiger partial charge in [-0.05, 0) is 50.3 Å². The number of benzene rings is 1. The molecule has 0 unspecified atom stereocenters. The lowest BCUT2D eigenvalue weighted by molar-refractivity contribution is 0.0681. The molecule has 4 N–H and O–H groups in total. The van der Waals surface area contributed by atoms with Crippen LogP contribution in [0.15, 0.2) is 29.2 Å². The number of carbonyl (C=O) groups is 1. The lowest BCUT2D eigenvalue weighted by Crippen LogP contribution is -2.30. The van der Waals surface area contributed by atoms with Crippen LogP contribution >= 0.6 is 0 Å². The maximum Gasteiger partial charge on any atom is 0.271 e. The van der Waals surface area contributed by atoms with Crippen LogP contribution in [0.25, 0.3) is 0 Å². The van der Waals surface area contributed by atoms with Crippen molar-refractivity contribution in [1.82, 2.24) is 9.97 Å². The van der Waals surface area contributed by atoms with Gasteiger partial charge in [0.25, 0.3) is 5.91 Å². The first-order valence-corrected chi connectivity index (χ1v) is 12.2. The van der Waals surface area contributed by atoms with Gasteiger partial charge in [-0.3, -0.25) is 4.79 Å². The van der Waals surface area contributed by atoms with Crippen LogP contribution in [0.4, 0.5) is 17.3 Å². The molecule has 0 aliphatic heterocycles. The SMILES string of the molecule is CCc1nc(C(N)=O)c(Nc2cccc(S(C)(=O)=O)c2)nc1NC1CCC(OC)CC1. The zero-order valence-electron chi connectivity index (χ0n) is 18.0. The Balaban J connectivity index is 1.92. The summed E-state index contributed by atoms with van der Waals surface area (Å²) in [7, 11) is -1.64. The van der Waals surface area contributed by atoms with Crippen LogP contribution in [0, 0.1) is 0 Å². The molecule has 0 radical (unpaired) electrons. The summed E-state index contributed by atoms with van der Waals surface area (Å²) in [6, 6.07) is 6.52. The molecule has 1 aliphatic carbocycles. The number of nitrogens with zero attached hydrogens (tertiary/aromatic N) is 2. The number of nitrogens with two attached hydrogens (primary N) is 1. The van der Waals surface area contributed by atoms with E-state index in [9.17, 15) is 13.2 Å². The summed E-state index contributed by atoms with van der Waals surface area (Å²) in [5.41, 5.74) is 6.67. The Morgan fingerprint density at radius 3 is 2.48 bits per heavy atom.